The van der Waals surface area contributed by atoms with Crippen LogP contribution in [0.15, 0.2) is 48.6 Å². The number of unbranched alkanes of at least 4 members (excludes halogenated alkanes) is 10. The normalized spacial score (nSPS) is 14.7. The highest BCUT2D eigenvalue weighted by Crippen LogP contribution is 2.43. The lowest BCUT2D eigenvalue weighted by atomic mass is 10.1. The third-order valence-electron chi connectivity index (χ3n) is 7.06. The molecule has 0 amide bonds. The van der Waals surface area contributed by atoms with Crippen molar-refractivity contribution in [3.63, 3.8) is 0 Å². The summed E-state index contributed by atoms with van der Waals surface area (Å²) in [6.07, 6.45) is 31.9. The van der Waals surface area contributed by atoms with Crippen LogP contribution in [0.3, 0.4) is 0 Å². The van der Waals surface area contributed by atoms with Crippen LogP contribution in [0.5, 0.6) is 0 Å². The molecule has 3 atom stereocenters. The third-order valence-corrected chi connectivity index (χ3v) is 8.01. The van der Waals surface area contributed by atoms with Crippen molar-refractivity contribution in [2.24, 2.45) is 0 Å². The van der Waals surface area contributed by atoms with Crippen molar-refractivity contribution in [3.8, 4) is 0 Å². The Labute approximate surface area is 283 Å². The van der Waals surface area contributed by atoms with E-state index < -0.39 is 58.4 Å². The van der Waals surface area contributed by atoms with Crippen molar-refractivity contribution in [1.29, 1.82) is 0 Å². The quantitative estimate of drug-likeness (QED) is 0.0274. The van der Waals surface area contributed by atoms with Gasteiger partial charge in [0.2, 0.25) is 0 Å². The molecule has 0 radical (unpaired) electrons. The van der Waals surface area contributed by atoms with Gasteiger partial charge in [-0.3, -0.25) is 18.6 Å². The smallest absolute Gasteiger partial charge is 0.457 e. The Morgan fingerprint density at radius 3 is 1.45 bits per heavy atom. The Morgan fingerprint density at radius 2 is 1.00 bits per heavy atom. The van der Waals surface area contributed by atoms with Crippen LogP contribution in [-0.4, -0.2) is 65.7 Å². The molecule has 10 nitrogen and oxygen atoms in total. The lowest BCUT2D eigenvalue weighted by Crippen LogP contribution is -2.28. The first-order chi connectivity index (χ1) is 22.8. The van der Waals surface area contributed by atoms with Gasteiger partial charge < -0.3 is 24.6 Å². The number of ether oxygens (including phenoxy) is 2. The highest BCUT2D eigenvalue weighted by Gasteiger charge is 2.27. The van der Waals surface area contributed by atoms with E-state index in [-0.39, 0.29) is 12.8 Å². The van der Waals surface area contributed by atoms with Crippen molar-refractivity contribution in [3.05, 3.63) is 48.6 Å². The van der Waals surface area contributed by atoms with Crippen LogP contribution in [0.2, 0.25) is 0 Å². The van der Waals surface area contributed by atoms with Gasteiger partial charge in [0.05, 0.1) is 26.4 Å². The molecule has 0 aliphatic heterocycles. The minimum atomic E-state index is -4.61. The first kappa shape index (κ1) is 44.9. The highest BCUT2D eigenvalue weighted by atomic mass is 31.2. The summed E-state index contributed by atoms with van der Waals surface area (Å²) in [6.45, 7) is 1.84. The van der Waals surface area contributed by atoms with Gasteiger partial charge in [0, 0.05) is 12.8 Å². The molecule has 0 aromatic rings. The summed E-state index contributed by atoms with van der Waals surface area (Å²) in [5.41, 5.74) is 0. The fraction of sp³-hybridized carbons (Fsp3) is 0.722. The minimum Gasteiger partial charge on any atom is -0.457 e. The highest BCUT2D eigenvalue weighted by molar-refractivity contribution is 7.47. The Bertz CT molecular complexity index is 931. The molecule has 0 saturated carbocycles. The maximum Gasteiger partial charge on any atom is 0.472 e. The number of aliphatic hydroxyl groups is 2. The first-order valence-electron chi connectivity index (χ1n) is 17.6. The maximum atomic E-state index is 12.2. The van der Waals surface area contributed by atoms with Crippen LogP contribution in [0, 0.1) is 0 Å². The number of esters is 2. The van der Waals surface area contributed by atoms with Gasteiger partial charge in [-0.2, -0.15) is 0 Å². The zero-order valence-corrected chi connectivity index (χ0v) is 29.9. The van der Waals surface area contributed by atoms with Gasteiger partial charge in [0.1, 0.15) is 12.2 Å². The van der Waals surface area contributed by atoms with E-state index in [4.69, 9.17) is 18.5 Å². The number of hydrogen-bond acceptors (Lipinski definition) is 9. The van der Waals surface area contributed by atoms with Crippen molar-refractivity contribution in [2.45, 2.75) is 142 Å². The number of phosphoric acid groups is 1. The van der Waals surface area contributed by atoms with Crippen molar-refractivity contribution < 1.29 is 47.8 Å². The second-order valence-corrected chi connectivity index (χ2v) is 12.9. The number of carbonyl (C=O) groups is 2. The number of allylic oxidation sites excluding steroid dienone is 8. The van der Waals surface area contributed by atoms with Gasteiger partial charge in [0.15, 0.2) is 0 Å². The lowest BCUT2D eigenvalue weighted by Gasteiger charge is -2.20. The summed E-state index contributed by atoms with van der Waals surface area (Å²) < 4.78 is 32.0. The van der Waals surface area contributed by atoms with Crippen molar-refractivity contribution in [2.75, 3.05) is 26.4 Å². The Morgan fingerprint density at radius 1 is 0.596 bits per heavy atom. The van der Waals surface area contributed by atoms with Crippen LogP contribution < -0.4 is 0 Å². The van der Waals surface area contributed by atoms with Crippen LogP contribution >= 0.6 is 7.82 Å². The second-order valence-electron chi connectivity index (χ2n) is 11.5. The van der Waals surface area contributed by atoms with Crippen LogP contribution in [0.1, 0.15) is 129 Å². The van der Waals surface area contributed by atoms with Gasteiger partial charge in [-0.1, -0.05) is 114 Å². The molecule has 3 unspecified atom stereocenters. The summed E-state index contributed by atoms with van der Waals surface area (Å²) in [6, 6.07) is 0. The van der Waals surface area contributed by atoms with Gasteiger partial charge in [-0.05, 0) is 51.4 Å². The summed E-state index contributed by atoms with van der Waals surface area (Å²) in [7, 11) is -4.61. The zero-order chi connectivity index (χ0) is 34.9. The van der Waals surface area contributed by atoms with E-state index in [1.165, 1.54) is 25.7 Å². The molecule has 47 heavy (non-hydrogen) atoms. The van der Waals surface area contributed by atoms with E-state index in [9.17, 15) is 29.3 Å². The molecule has 0 spiro atoms. The van der Waals surface area contributed by atoms with Crippen molar-refractivity contribution >= 4 is 19.8 Å². The molecule has 0 aliphatic carbocycles. The molecule has 0 bridgehead atoms. The molecule has 0 aromatic carbocycles. The number of carbonyl (C=O) groups excluding carboxylic acids is 2. The van der Waals surface area contributed by atoms with Crippen LogP contribution in [0.4, 0.5) is 0 Å². The SMILES string of the molecule is CC/C=C\C/C=C\C/C=C\C/C=C\CCCCCCCCCCC(=O)OC(CO)COP(=O)(O)OCC(CO)OC(=O)CCCCC. The molecule has 0 rings (SSSR count). The molecular formula is C36H63O10P. The fourth-order valence-corrected chi connectivity index (χ4v) is 5.12. The van der Waals surface area contributed by atoms with Crippen LogP contribution in [-0.2, 0) is 32.7 Å². The first-order valence-corrected chi connectivity index (χ1v) is 19.1. The predicted octanol–water partition coefficient (Wildman–Crippen LogP) is 8.21. The molecular weight excluding hydrogens is 623 g/mol. The molecule has 11 heteroatoms. The molecule has 0 fully saturated rings. The molecule has 272 valence electrons. The molecule has 0 aliphatic rings. The maximum absolute atomic E-state index is 12.2. The van der Waals surface area contributed by atoms with Gasteiger partial charge in [-0.15, -0.1) is 0 Å². The predicted molar refractivity (Wildman–Crippen MR) is 187 cm³/mol. The van der Waals surface area contributed by atoms with E-state index in [1.807, 2.05) is 6.92 Å². The van der Waals surface area contributed by atoms with E-state index >= 15 is 0 Å². The zero-order valence-electron chi connectivity index (χ0n) is 29.0. The summed E-state index contributed by atoms with van der Waals surface area (Å²) in [5, 5.41) is 18.9. The minimum absolute atomic E-state index is 0.176. The Hall–Kier alpha value is -2.07. The fourth-order valence-electron chi connectivity index (χ4n) is 4.34. The van der Waals surface area contributed by atoms with Gasteiger partial charge in [0.25, 0.3) is 0 Å². The monoisotopic (exact) mass is 686 g/mol. The van der Waals surface area contributed by atoms with Crippen molar-refractivity contribution in [1.82, 2.24) is 0 Å². The number of aliphatic hydroxyl groups excluding tert-OH is 2. The van der Waals surface area contributed by atoms with Crippen LogP contribution in [0.25, 0.3) is 0 Å². The Balaban J connectivity index is 3.88. The van der Waals surface area contributed by atoms with E-state index in [0.717, 1.165) is 64.2 Å². The summed E-state index contributed by atoms with van der Waals surface area (Å²) in [5.74, 6) is -1.06. The molecule has 3 N–H and O–H groups in total. The second kappa shape index (κ2) is 32.5. The summed E-state index contributed by atoms with van der Waals surface area (Å²) in [4.78, 5) is 33.8. The van der Waals surface area contributed by atoms with E-state index in [0.29, 0.717) is 12.8 Å². The standard InChI is InChI=1S/C36H63O10P/c1-3-5-7-8-9-10-11-12-13-14-15-16-17-18-19-20-21-22-23-24-26-28-36(40)46-34(30-38)32-44-47(41,42)43-31-33(29-37)45-35(39)27-25-6-4-2/h5,7,9-10,12-13,15-16,33-34,37-38H,3-4,6,8,11,14,17-32H2,1-2H3,(H,41,42)/b7-5-,10-9-,13-12-,16-15-. The average Bonchev–Trinajstić information content (AvgIpc) is 3.05. The van der Waals surface area contributed by atoms with Gasteiger partial charge in [-0.25, -0.2) is 4.57 Å². The number of phosphoric ester groups is 1. The van der Waals surface area contributed by atoms with E-state index in [2.05, 4.69) is 55.5 Å². The largest absolute Gasteiger partial charge is 0.472 e. The summed E-state index contributed by atoms with van der Waals surface area (Å²) >= 11 is 0. The van der Waals surface area contributed by atoms with Gasteiger partial charge >= 0.3 is 19.8 Å². The molecule has 0 aromatic heterocycles. The lowest BCUT2D eigenvalue weighted by molar-refractivity contribution is -0.153. The molecule has 0 heterocycles. The average molecular weight is 687 g/mol. The molecule has 0 saturated heterocycles. The third kappa shape index (κ3) is 31.0. The number of rotatable bonds is 32. The number of hydrogen-bond donors (Lipinski definition) is 3. The topological polar surface area (TPSA) is 149 Å². The Kier molecular flexibility index (Phi) is 31.0. The van der Waals surface area contributed by atoms with E-state index in [1.54, 1.807) is 0 Å².